The lowest BCUT2D eigenvalue weighted by Gasteiger charge is -2.12. The molecule has 0 saturated carbocycles. The van der Waals surface area contributed by atoms with Gasteiger partial charge in [0.25, 0.3) is 5.91 Å². The molecule has 0 unspecified atom stereocenters. The van der Waals surface area contributed by atoms with E-state index in [1.54, 1.807) is 23.7 Å². The van der Waals surface area contributed by atoms with E-state index in [0.717, 1.165) is 16.9 Å². The first-order valence-electron chi connectivity index (χ1n) is 8.18. The van der Waals surface area contributed by atoms with Crippen LogP contribution in [0.4, 0.5) is 5.69 Å². The maximum atomic E-state index is 12.4. The van der Waals surface area contributed by atoms with E-state index in [0.29, 0.717) is 17.4 Å². The Hall–Kier alpha value is -2.86. The van der Waals surface area contributed by atoms with E-state index in [-0.39, 0.29) is 11.7 Å². The Kier molecular flexibility index (Phi) is 5.23. The van der Waals surface area contributed by atoms with E-state index in [9.17, 15) is 4.79 Å². The zero-order valence-corrected chi connectivity index (χ0v) is 15.7. The summed E-state index contributed by atoms with van der Waals surface area (Å²) in [4.78, 5) is 18.7. The fourth-order valence-corrected chi connectivity index (χ4v) is 2.61. The van der Waals surface area contributed by atoms with Gasteiger partial charge in [0.1, 0.15) is 5.82 Å². The zero-order valence-electron chi connectivity index (χ0n) is 14.9. The molecule has 1 amide bonds. The van der Waals surface area contributed by atoms with Crippen LogP contribution in [0.3, 0.4) is 0 Å². The minimum atomic E-state index is -0.308. The Labute approximate surface area is 157 Å². The number of amides is 1. The minimum Gasteiger partial charge on any atom is -0.378 e. The first kappa shape index (κ1) is 17.9. The van der Waals surface area contributed by atoms with E-state index in [4.69, 9.17) is 11.6 Å². The van der Waals surface area contributed by atoms with Crippen molar-refractivity contribution in [3.63, 3.8) is 0 Å². The number of aryl methyl sites for hydroxylation is 1. The molecule has 0 aliphatic rings. The molecule has 0 fully saturated rings. The number of hydrogen-bond donors (Lipinski definition) is 1. The highest BCUT2D eigenvalue weighted by Gasteiger charge is 2.15. The largest absolute Gasteiger partial charge is 0.378 e. The lowest BCUT2D eigenvalue weighted by atomic mass is 10.2. The topological polar surface area (TPSA) is 63.1 Å². The number of hydrogen-bond acceptors (Lipinski definition) is 4. The van der Waals surface area contributed by atoms with Gasteiger partial charge in [0.15, 0.2) is 0 Å². The maximum Gasteiger partial charge on any atom is 0.291 e. The second-order valence-corrected chi connectivity index (χ2v) is 6.55. The number of rotatable bonds is 5. The van der Waals surface area contributed by atoms with Crippen LogP contribution in [0.2, 0.25) is 5.02 Å². The number of benzene rings is 2. The Morgan fingerprint density at radius 2 is 1.77 bits per heavy atom. The number of anilines is 1. The molecule has 134 valence electrons. The quantitative estimate of drug-likeness (QED) is 0.750. The summed E-state index contributed by atoms with van der Waals surface area (Å²) in [7, 11) is 3.98. The third-order valence-corrected chi connectivity index (χ3v) is 4.20. The van der Waals surface area contributed by atoms with Crippen molar-refractivity contribution in [1.82, 2.24) is 20.1 Å². The van der Waals surface area contributed by atoms with Crippen molar-refractivity contribution in [2.24, 2.45) is 0 Å². The van der Waals surface area contributed by atoms with Crippen molar-refractivity contribution >= 4 is 23.2 Å². The van der Waals surface area contributed by atoms with Crippen molar-refractivity contribution in [1.29, 1.82) is 0 Å². The van der Waals surface area contributed by atoms with Gasteiger partial charge in [-0.3, -0.25) is 4.79 Å². The molecule has 0 spiro atoms. The summed E-state index contributed by atoms with van der Waals surface area (Å²) >= 11 is 5.91. The summed E-state index contributed by atoms with van der Waals surface area (Å²) in [5.74, 6) is 0.465. The predicted octanol–water partition coefficient (Wildman–Crippen LogP) is 3.23. The average Bonchev–Trinajstić information content (AvgIpc) is 3.02. The molecule has 7 heteroatoms. The van der Waals surface area contributed by atoms with E-state index < -0.39 is 0 Å². The molecule has 2 aromatic carbocycles. The third-order valence-electron chi connectivity index (χ3n) is 3.95. The molecule has 0 bridgehead atoms. The van der Waals surface area contributed by atoms with Crippen molar-refractivity contribution < 1.29 is 4.79 Å². The number of carbonyl (C=O) groups excluding carboxylic acids is 1. The molecule has 26 heavy (non-hydrogen) atoms. The van der Waals surface area contributed by atoms with Gasteiger partial charge in [-0.2, -0.15) is 0 Å². The molecular formula is C19H20ClN5O. The summed E-state index contributed by atoms with van der Waals surface area (Å²) in [6.07, 6.45) is 0. The van der Waals surface area contributed by atoms with Gasteiger partial charge < -0.3 is 10.2 Å². The Bertz CT molecular complexity index is 901. The molecule has 3 rings (SSSR count). The third kappa shape index (κ3) is 4.03. The van der Waals surface area contributed by atoms with Gasteiger partial charge in [0.05, 0.1) is 5.69 Å². The van der Waals surface area contributed by atoms with E-state index in [1.165, 1.54) is 0 Å². The van der Waals surface area contributed by atoms with Crippen LogP contribution in [-0.2, 0) is 6.54 Å². The Morgan fingerprint density at radius 3 is 2.38 bits per heavy atom. The average molecular weight is 370 g/mol. The Balaban J connectivity index is 1.68. The molecule has 0 atom stereocenters. The van der Waals surface area contributed by atoms with Crippen molar-refractivity contribution in [2.45, 2.75) is 13.5 Å². The highest BCUT2D eigenvalue weighted by molar-refractivity contribution is 6.30. The number of aromatic nitrogens is 3. The second-order valence-electron chi connectivity index (χ2n) is 6.11. The molecule has 1 heterocycles. The van der Waals surface area contributed by atoms with Gasteiger partial charge in [-0.1, -0.05) is 23.7 Å². The molecule has 6 nitrogen and oxygen atoms in total. The number of halogens is 1. The maximum absolute atomic E-state index is 12.4. The molecule has 0 aliphatic heterocycles. The van der Waals surface area contributed by atoms with Crippen LogP contribution >= 0.6 is 11.6 Å². The van der Waals surface area contributed by atoms with Gasteiger partial charge in [-0.25, -0.2) is 9.67 Å². The van der Waals surface area contributed by atoms with E-state index in [2.05, 4.69) is 15.4 Å². The van der Waals surface area contributed by atoms with E-state index in [1.807, 2.05) is 55.4 Å². The van der Waals surface area contributed by atoms with Gasteiger partial charge in [0.2, 0.25) is 5.82 Å². The number of carbonyl (C=O) groups is 1. The van der Waals surface area contributed by atoms with Gasteiger partial charge in [-0.05, 0) is 48.9 Å². The molecule has 0 aliphatic carbocycles. The summed E-state index contributed by atoms with van der Waals surface area (Å²) in [6.45, 7) is 2.22. The van der Waals surface area contributed by atoms with Crippen LogP contribution in [0.25, 0.3) is 5.69 Å². The minimum absolute atomic E-state index is 0.141. The van der Waals surface area contributed by atoms with Crippen LogP contribution in [0.5, 0.6) is 0 Å². The van der Waals surface area contributed by atoms with Crippen LogP contribution in [0, 0.1) is 6.92 Å². The SMILES string of the molecule is Cc1nc(C(=O)NCc2ccc(N(C)C)cc2)nn1-c1ccc(Cl)cc1. The first-order chi connectivity index (χ1) is 12.4. The van der Waals surface area contributed by atoms with Crippen LogP contribution in [0.15, 0.2) is 48.5 Å². The normalized spacial score (nSPS) is 10.6. The van der Waals surface area contributed by atoms with E-state index >= 15 is 0 Å². The fourth-order valence-electron chi connectivity index (χ4n) is 2.49. The predicted molar refractivity (Wildman–Crippen MR) is 103 cm³/mol. The van der Waals surface area contributed by atoms with Crippen molar-refractivity contribution in [3.05, 3.63) is 70.8 Å². The van der Waals surface area contributed by atoms with Crippen molar-refractivity contribution in [3.8, 4) is 5.69 Å². The van der Waals surface area contributed by atoms with Crippen molar-refractivity contribution in [2.75, 3.05) is 19.0 Å². The second kappa shape index (κ2) is 7.58. The van der Waals surface area contributed by atoms with Crippen LogP contribution in [-0.4, -0.2) is 34.8 Å². The number of nitrogens with one attached hydrogen (secondary N) is 1. The number of nitrogens with zero attached hydrogens (tertiary/aromatic N) is 4. The standard InChI is InChI=1S/C19H20ClN5O/c1-13-22-18(23-25(13)17-10-6-15(20)7-11-17)19(26)21-12-14-4-8-16(9-5-14)24(2)3/h4-11H,12H2,1-3H3,(H,21,26). The van der Waals surface area contributed by atoms with Gasteiger partial charge in [0, 0.05) is 31.4 Å². The smallest absolute Gasteiger partial charge is 0.291 e. The molecular weight excluding hydrogens is 350 g/mol. The fraction of sp³-hybridized carbons (Fsp3) is 0.211. The summed E-state index contributed by atoms with van der Waals surface area (Å²) in [6, 6.07) is 15.2. The Morgan fingerprint density at radius 1 is 1.12 bits per heavy atom. The summed E-state index contributed by atoms with van der Waals surface area (Å²) in [5, 5.41) is 7.80. The molecule has 3 aromatic rings. The summed E-state index contributed by atoms with van der Waals surface area (Å²) < 4.78 is 1.62. The van der Waals surface area contributed by atoms with Crippen LogP contribution in [0.1, 0.15) is 22.0 Å². The zero-order chi connectivity index (χ0) is 18.7. The highest BCUT2D eigenvalue weighted by Crippen LogP contribution is 2.15. The van der Waals surface area contributed by atoms with Gasteiger partial charge in [-0.15, -0.1) is 5.10 Å². The monoisotopic (exact) mass is 369 g/mol. The highest BCUT2D eigenvalue weighted by atomic mass is 35.5. The lowest BCUT2D eigenvalue weighted by molar-refractivity contribution is 0.0940. The first-order valence-corrected chi connectivity index (χ1v) is 8.56. The van der Waals surface area contributed by atoms with Crippen LogP contribution < -0.4 is 10.2 Å². The molecule has 1 aromatic heterocycles. The molecule has 1 N–H and O–H groups in total. The van der Waals surface area contributed by atoms with Gasteiger partial charge >= 0.3 is 0 Å². The molecule has 0 radical (unpaired) electrons. The lowest BCUT2D eigenvalue weighted by Crippen LogP contribution is -2.24. The molecule has 0 saturated heterocycles. The summed E-state index contributed by atoms with van der Waals surface area (Å²) in [5.41, 5.74) is 2.93.